The van der Waals surface area contributed by atoms with Crippen molar-refractivity contribution in [2.24, 2.45) is 17.3 Å². The number of hydrogen-bond donors (Lipinski definition) is 1. The summed E-state index contributed by atoms with van der Waals surface area (Å²) in [6, 6.07) is 6.94. The van der Waals surface area contributed by atoms with Crippen molar-refractivity contribution in [3.05, 3.63) is 35.4 Å². The van der Waals surface area contributed by atoms with Gasteiger partial charge in [0.1, 0.15) is 6.61 Å². The molecule has 0 unspecified atom stereocenters. The molecule has 134 valence electrons. The number of aliphatic hydroxyl groups is 1. The van der Waals surface area contributed by atoms with Gasteiger partial charge in [0.25, 0.3) is 0 Å². The van der Waals surface area contributed by atoms with E-state index in [0.29, 0.717) is 23.8 Å². The summed E-state index contributed by atoms with van der Waals surface area (Å²) in [4.78, 5) is 24.5. The summed E-state index contributed by atoms with van der Waals surface area (Å²) in [6.45, 7) is 0.138. The highest BCUT2D eigenvalue weighted by Gasteiger charge is 2.60. The molecule has 0 aliphatic heterocycles. The lowest BCUT2D eigenvalue weighted by atomic mass is 9.48. The molecule has 0 spiro atoms. The predicted octanol–water partition coefficient (Wildman–Crippen LogP) is 2.85. The van der Waals surface area contributed by atoms with Crippen LogP contribution in [0.15, 0.2) is 24.3 Å². The van der Waals surface area contributed by atoms with Gasteiger partial charge in [0.2, 0.25) is 0 Å². The molecule has 5 nitrogen and oxygen atoms in total. The van der Waals surface area contributed by atoms with Crippen LogP contribution in [0.2, 0.25) is 0 Å². The Morgan fingerprint density at radius 3 is 2.56 bits per heavy atom. The number of methoxy groups -OCH3 is 1. The quantitative estimate of drug-likeness (QED) is 0.850. The van der Waals surface area contributed by atoms with Crippen molar-refractivity contribution in [1.29, 1.82) is 0 Å². The monoisotopic (exact) mass is 344 g/mol. The maximum absolute atomic E-state index is 12.9. The minimum Gasteiger partial charge on any atom is -0.465 e. The molecule has 5 heteroatoms. The first-order chi connectivity index (χ1) is 11.9. The molecule has 4 bridgehead atoms. The molecule has 1 N–H and O–H groups in total. The van der Waals surface area contributed by atoms with Gasteiger partial charge in [0.15, 0.2) is 0 Å². The number of benzene rings is 1. The van der Waals surface area contributed by atoms with Crippen LogP contribution in [-0.4, -0.2) is 29.8 Å². The minimum atomic E-state index is -0.673. The Balaban J connectivity index is 1.45. The Labute approximate surface area is 147 Å². The zero-order valence-electron chi connectivity index (χ0n) is 14.5. The number of hydrogen-bond acceptors (Lipinski definition) is 5. The van der Waals surface area contributed by atoms with Crippen molar-refractivity contribution < 1.29 is 24.2 Å². The zero-order valence-corrected chi connectivity index (χ0v) is 14.5. The average molecular weight is 344 g/mol. The van der Waals surface area contributed by atoms with Gasteiger partial charge in [-0.2, -0.15) is 0 Å². The zero-order chi connectivity index (χ0) is 17.7. The van der Waals surface area contributed by atoms with Crippen LogP contribution in [0.3, 0.4) is 0 Å². The van der Waals surface area contributed by atoms with E-state index in [1.165, 1.54) is 7.11 Å². The van der Waals surface area contributed by atoms with Gasteiger partial charge in [-0.15, -0.1) is 0 Å². The molecule has 0 aromatic heterocycles. The van der Waals surface area contributed by atoms with Crippen LogP contribution >= 0.6 is 0 Å². The molecule has 5 rings (SSSR count). The molecule has 1 aromatic rings. The molecule has 4 aliphatic carbocycles. The first kappa shape index (κ1) is 16.6. The van der Waals surface area contributed by atoms with Crippen molar-refractivity contribution in [1.82, 2.24) is 0 Å². The summed E-state index contributed by atoms with van der Waals surface area (Å²) in [6.07, 6.45) is 5.02. The van der Waals surface area contributed by atoms with E-state index in [4.69, 9.17) is 9.47 Å². The second-order valence-electron chi connectivity index (χ2n) is 8.23. The molecule has 0 saturated heterocycles. The normalized spacial score (nSPS) is 35.4. The van der Waals surface area contributed by atoms with Gasteiger partial charge in [-0.1, -0.05) is 12.1 Å². The van der Waals surface area contributed by atoms with Gasteiger partial charge in [-0.25, -0.2) is 4.79 Å². The second-order valence-corrected chi connectivity index (χ2v) is 8.23. The summed E-state index contributed by atoms with van der Waals surface area (Å²) in [5.41, 5.74) is 0.0204. The summed E-state index contributed by atoms with van der Waals surface area (Å²) >= 11 is 0. The fraction of sp³-hybridized carbons (Fsp3) is 0.600. The van der Waals surface area contributed by atoms with Crippen LogP contribution in [0.25, 0.3) is 0 Å². The largest absolute Gasteiger partial charge is 0.465 e. The van der Waals surface area contributed by atoms with Crippen LogP contribution < -0.4 is 0 Å². The van der Waals surface area contributed by atoms with Gasteiger partial charge in [0, 0.05) is 0 Å². The molecule has 4 aliphatic rings. The third-order valence-corrected chi connectivity index (χ3v) is 6.18. The molecule has 25 heavy (non-hydrogen) atoms. The predicted molar refractivity (Wildman–Crippen MR) is 89.6 cm³/mol. The number of carbonyl (C=O) groups excluding carboxylic acids is 2. The number of carbonyl (C=O) groups is 2. The van der Waals surface area contributed by atoms with Gasteiger partial charge in [0.05, 0.1) is 23.7 Å². The lowest BCUT2D eigenvalue weighted by molar-refractivity contribution is -0.197. The Kier molecular flexibility index (Phi) is 3.87. The smallest absolute Gasteiger partial charge is 0.337 e. The van der Waals surface area contributed by atoms with Crippen LogP contribution in [0.1, 0.15) is 54.4 Å². The molecular formula is C20H24O5. The molecule has 4 saturated carbocycles. The van der Waals surface area contributed by atoms with Gasteiger partial charge >= 0.3 is 11.9 Å². The Morgan fingerprint density at radius 1 is 1.20 bits per heavy atom. The summed E-state index contributed by atoms with van der Waals surface area (Å²) in [5, 5.41) is 10.8. The van der Waals surface area contributed by atoms with Gasteiger partial charge in [-0.3, -0.25) is 4.79 Å². The van der Waals surface area contributed by atoms with E-state index in [0.717, 1.165) is 37.7 Å². The molecule has 0 amide bonds. The van der Waals surface area contributed by atoms with Crippen molar-refractivity contribution in [3.63, 3.8) is 0 Å². The third-order valence-electron chi connectivity index (χ3n) is 6.18. The first-order valence-corrected chi connectivity index (χ1v) is 8.98. The Hall–Kier alpha value is -1.88. The third kappa shape index (κ3) is 2.95. The highest BCUT2D eigenvalue weighted by molar-refractivity contribution is 5.89. The van der Waals surface area contributed by atoms with E-state index in [1.54, 1.807) is 18.2 Å². The maximum Gasteiger partial charge on any atom is 0.337 e. The maximum atomic E-state index is 12.9. The van der Waals surface area contributed by atoms with Crippen molar-refractivity contribution in [2.75, 3.05) is 7.11 Å². The highest BCUT2D eigenvalue weighted by atomic mass is 16.5. The number of ether oxygens (including phenoxy) is 2. The molecule has 0 radical (unpaired) electrons. The molecule has 0 heterocycles. The van der Waals surface area contributed by atoms with Crippen LogP contribution in [0, 0.1) is 17.3 Å². The lowest BCUT2D eigenvalue weighted by Gasteiger charge is -2.58. The first-order valence-electron chi connectivity index (χ1n) is 8.98. The van der Waals surface area contributed by atoms with E-state index < -0.39 is 17.0 Å². The van der Waals surface area contributed by atoms with Gasteiger partial charge in [-0.05, 0) is 68.1 Å². The van der Waals surface area contributed by atoms with Crippen molar-refractivity contribution in [3.8, 4) is 0 Å². The van der Waals surface area contributed by atoms with Crippen molar-refractivity contribution in [2.45, 2.75) is 50.7 Å². The van der Waals surface area contributed by atoms with E-state index in [1.807, 2.05) is 6.07 Å². The Bertz CT molecular complexity index is 696. The van der Waals surface area contributed by atoms with E-state index >= 15 is 0 Å². The average Bonchev–Trinajstić information content (AvgIpc) is 2.57. The fourth-order valence-electron chi connectivity index (χ4n) is 5.66. The van der Waals surface area contributed by atoms with Crippen LogP contribution in [0.5, 0.6) is 0 Å². The standard InChI is InChI=1S/C20H24O5/c1-24-17(21)16-4-2-3-13(6-16)11-25-18(22)19-7-14-5-15(8-19)10-20(23,9-14)12-19/h2-4,6,14-15,23H,5,7-12H2,1H3/t14-,15-,19?,20?/m1/s1. The number of rotatable bonds is 4. The van der Waals surface area contributed by atoms with Crippen LogP contribution in [-0.2, 0) is 20.9 Å². The molecule has 2 atom stereocenters. The van der Waals surface area contributed by atoms with E-state index in [2.05, 4.69) is 0 Å². The van der Waals surface area contributed by atoms with Crippen LogP contribution in [0.4, 0.5) is 0 Å². The summed E-state index contributed by atoms with van der Waals surface area (Å²) < 4.78 is 10.3. The summed E-state index contributed by atoms with van der Waals surface area (Å²) in [5.74, 6) is 0.294. The minimum absolute atomic E-state index is 0.138. The van der Waals surface area contributed by atoms with E-state index in [-0.39, 0.29) is 12.6 Å². The van der Waals surface area contributed by atoms with E-state index in [9.17, 15) is 14.7 Å². The highest BCUT2D eigenvalue weighted by Crippen LogP contribution is 2.62. The SMILES string of the molecule is COC(=O)c1cccc(COC(=O)C23C[C@H]4C[C@@H](CC(O)(C4)C2)C3)c1. The topological polar surface area (TPSA) is 72.8 Å². The molecule has 1 aromatic carbocycles. The summed E-state index contributed by atoms with van der Waals surface area (Å²) in [7, 11) is 1.34. The number of esters is 2. The fourth-order valence-corrected chi connectivity index (χ4v) is 5.66. The molecule has 4 fully saturated rings. The van der Waals surface area contributed by atoms with Crippen molar-refractivity contribution >= 4 is 11.9 Å². The Morgan fingerprint density at radius 2 is 1.92 bits per heavy atom. The molecular weight excluding hydrogens is 320 g/mol. The second kappa shape index (κ2) is 5.84. The van der Waals surface area contributed by atoms with Gasteiger partial charge < -0.3 is 14.6 Å². The lowest BCUT2D eigenvalue weighted by Crippen LogP contribution is -2.58.